The molecular formula is C35H41N5O4. The molecule has 0 aliphatic carbocycles. The van der Waals surface area contributed by atoms with E-state index in [0.717, 1.165) is 51.4 Å². The number of aromatic nitrogens is 3. The molecule has 3 heterocycles. The predicted molar refractivity (Wildman–Crippen MR) is 169 cm³/mol. The minimum atomic E-state index is -1.64. The summed E-state index contributed by atoms with van der Waals surface area (Å²) in [5, 5.41) is 9.91. The summed E-state index contributed by atoms with van der Waals surface area (Å²) in [5.41, 5.74) is -2.49. The molecule has 0 amide bonds. The van der Waals surface area contributed by atoms with E-state index in [1.807, 2.05) is 66.7 Å². The van der Waals surface area contributed by atoms with E-state index in [0.29, 0.717) is 30.0 Å². The van der Waals surface area contributed by atoms with Gasteiger partial charge in [-0.15, -0.1) is 10.2 Å². The number of para-hydroxylation sites is 1. The lowest BCUT2D eigenvalue weighted by molar-refractivity contribution is -0.293. The van der Waals surface area contributed by atoms with Crippen molar-refractivity contribution in [1.29, 1.82) is 0 Å². The highest BCUT2D eigenvalue weighted by Gasteiger charge is 2.82. The van der Waals surface area contributed by atoms with Gasteiger partial charge in [0.2, 0.25) is 0 Å². The molecule has 0 unspecified atom stereocenters. The van der Waals surface area contributed by atoms with E-state index in [9.17, 15) is 9.59 Å². The molecule has 0 spiro atoms. The van der Waals surface area contributed by atoms with Gasteiger partial charge in [0, 0.05) is 11.1 Å². The van der Waals surface area contributed by atoms with E-state index >= 15 is 0 Å². The van der Waals surface area contributed by atoms with Gasteiger partial charge < -0.3 is 9.47 Å². The SMILES string of the molecule is CCCCCCOC1(OCCCCCC)[C@]2(c3ccccc3)N=N[C@@]1(c1ccccc1)n1c(=O)n(-c3ccccc3)c(=O)n12. The van der Waals surface area contributed by atoms with Crippen molar-refractivity contribution in [2.45, 2.75) is 82.3 Å². The maximum atomic E-state index is 14.6. The Hall–Kier alpha value is -4.08. The lowest BCUT2D eigenvalue weighted by Crippen LogP contribution is -2.63. The Morgan fingerprint density at radius 2 is 0.977 bits per heavy atom. The Balaban J connectivity index is 1.65. The average molecular weight is 596 g/mol. The summed E-state index contributed by atoms with van der Waals surface area (Å²) >= 11 is 0. The molecule has 230 valence electrons. The van der Waals surface area contributed by atoms with Crippen LogP contribution >= 0.6 is 0 Å². The fourth-order valence-electron chi connectivity index (χ4n) is 6.70. The molecule has 9 nitrogen and oxygen atoms in total. The Bertz CT molecular complexity index is 1590. The van der Waals surface area contributed by atoms with Gasteiger partial charge in [-0.25, -0.2) is 14.2 Å². The first-order valence-electron chi connectivity index (χ1n) is 16.0. The number of hydrogen-bond donors (Lipinski definition) is 0. The second-order valence-electron chi connectivity index (χ2n) is 11.6. The van der Waals surface area contributed by atoms with Crippen molar-refractivity contribution in [2.24, 2.45) is 10.2 Å². The van der Waals surface area contributed by atoms with E-state index in [4.69, 9.17) is 19.7 Å². The minimum Gasteiger partial charge on any atom is -0.342 e. The maximum Gasteiger partial charge on any atom is 0.354 e. The highest BCUT2D eigenvalue weighted by molar-refractivity contribution is 5.43. The summed E-state index contributed by atoms with van der Waals surface area (Å²) in [6.07, 6.45) is 7.90. The van der Waals surface area contributed by atoms with Crippen LogP contribution in [0.2, 0.25) is 0 Å². The number of nitrogens with zero attached hydrogens (tertiary/aromatic N) is 5. The summed E-state index contributed by atoms with van der Waals surface area (Å²) < 4.78 is 18.1. The van der Waals surface area contributed by atoms with Crippen LogP contribution in [-0.4, -0.2) is 32.9 Å². The summed E-state index contributed by atoms with van der Waals surface area (Å²) in [5.74, 6) is -1.64. The van der Waals surface area contributed by atoms with Gasteiger partial charge in [-0.3, -0.25) is 0 Å². The summed E-state index contributed by atoms with van der Waals surface area (Å²) in [6.45, 7) is 5.05. The van der Waals surface area contributed by atoms with Crippen LogP contribution in [0.4, 0.5) is 0 Å². The predicted octanol–water partition coefficient (Wildman–Crippen LogP) is 6.57. The molecule has 3 aromatic carbocycles. The molecule has 0 fully saturated rings. The molecule has 0 N–H and O–H groups in total. The van der Waals surface area contributed by atoms with E-state index < -0.39 is 28.5 Å². The first-order chi connectivity index (χ1) is 21.6. The summed E-state index contributed by atoms with van der Waals surface area (Å²) in [4.78, 5) is 29.3. The molecule has 44 heavy (non-hydrogen) atoms. The number of hydrogen-bond acceptors (Lipinski definition) is 6. The highest BCUT2D eigenvalue weighted by Crippen LogP contribution is 2.62. The molecule has 1 aromatic heterocycles. The van der Waals surface area contributed by atoms with Crippen LogP contribution in [0.15, 0.2) is 111 Å². The van der Waals surface area contributed by atoms with E-state index in [1.165, 1.54) is 13.9 Å². The van der Waals surface area contributed by atoms with Crippen molar-refractivity contribution in [3.63, 3.8) is 0 Å². The van der Waals surface area contributed by atoms with Crippen LogP contribution in [0.5, 0.6) is 0 Å². The van der Waals surface area contributed by atoms with Crippen LogP contribution in [0, 0.1) is 0 Å². The van der Waals surface area contributed by atoms with Crippen molar-refractivity contribution in [1.82, 2.24) is 13.9 Å². The molecule has 2 atom stereocenters. The molecule has 2 bridgehead atoms. The van der Waals surface area contributed by atoms with Crippen molar-refractivity contribution >= 4 is 0 Å². The van der Waals surface area contributed by atoms with Crippen LogP contribution in [0.25, 0.3) is 5.69 Å². The standard InChI is InChI=1S/C35H41N5O4/c1-3-5-7-18-26-43-35(44-27-19-8-6-4-2)33(28-20-12-9-13-21-28)36-37-34(35,29-22-14-10-15-23-29)40-32(42)38(31(41)39(33)40)30-24-16-11-17-25-30/h9-17,20-25H,3-8,18-19,26-27H2,1-2H3/t33-,34+. The normalized spacial score (nSPS) is 21.1. The smallest absolute Gasteiger partial charge is 0.342 e. The molecule has 0 saturated heterocycles. The quantitative estimate of drug-likeness (QED) is 0.115. The largest absolute Gasteiger partial charge is 0.354 e. The Morgan fingerprint density at radius 3 is 1.39 bits per heavy atom. The molecule has 9 heteroatoms. The molecule has 0 saturated carbocycles. The second-order valence-corrected chi connectivity index (χ2v) is 11.6. The highest BCUT2D eigenvalue weighted by atomic mass is 16.7. The summed E-state index contributed by atoms with van der Waals surface area (Å²) in [6, 6.07) is 28.0. The third-order valence-corrected chi connectivity index (χ3v) is 8.79. The molecule has 0 radical (unpaired) electrons. The van der Waals surface area contributed by atoms with E-state index in [2.05, 4.69) is 13.8 Å². The Labute approximate surface area is 257 Å². The van der Waals surface area contributed by atoms with Gasteiger partial charge in [-0.05, 0) is 25.0 Å². The lowest BCUT2D eigenvalue weighted by atomic mass is 9.81. The number of fused-ring (bicyclic) bond motifs is 5. The monoisotopic (exact) mass is 595 g/mol. The molecule has 2 aliphatic rings. The van der Waals surface area contributed by atoms with Gasteiger partial charge in [0.1, 0.15) is 0 Å². The fraction of sp³-hybridized carbons (Fsp3) is 0.429. The number of benzene rings is 3. The third kappa shape index (κ3) is 4.36. The van der Waals surface area contributed by atoms with Gasteiger partial charge in [0.05, 0.1) is 18.9 Å². The number of ether oxygens (including phenoxy) is 2. The molecule has 4 aromatic rings. The van der Waals surface area contributed by atoms with Gasteiger partial charge in [0.25, 0.3) is 17.1 Å². The fourth-order valence-corrected chi connectivity index (χ4v) is 6.70. The second kappa shape index (κ2) is 12.5. The van der Waals surface area contributed by atoms with Crippen LogP contribution in [-0.2, 0) is 20.8 Å². The average Bonchev–Trinajstić information content (AvgIpc) is 3.60. The number of rotatable bonds is 15. The number of unbranched alkanes of at least 4 members (excludes halogenated alkanes) is 6. The zero-order valence-corrected chi connectivity index (χ0v) is 25.6. The molecular weight excluding hydrogens is 554 g/mol. The first kappa shape index (κ1) is 30.0. The van der Waals surface area contributed by atoms with Gasteiger partial charge in [0.15, 0.2) is 0 Å². The van der Waals surface area contributed by atoms with Gasteiger partial charge in [-0.2, -0.15) is 9.36 Å². The molecule has 6 rings (SSSR count). The first-order valence-corrected chi connectivity index (χ1v) is 16.0. The van der Waals surface area contributed by atoms with E-state index in [-0.39, 0.29) is 0 Å². The van der Waals surface area contributed by atoms with Crippen molar-refractivity contribution < 1.29 is 9.47 Å². The molecule has 2 aliphatic heterocycles. The van der Waals surface area contributed by atoms with Crippen LogP contribution < -0.4 is 11.4 Å². The Morgan fingerprint density at radius 1 is 0.568 bits per heavy atom. The van der Waals surface area contributed by atoms with Crippen molar-refractivity contribution in [3.8, 4) is 5.69 Å². The minimum absolute atomic E-state index is 0.357. The van der Waals surface area contributed by atoms with Gasteiger partial charge >= 0.3 is 11.4 Å². The summed E-state index contributed by atoms with van der Waals surface area (Å²) in [7, 11) is 0. The van der Waals surface area contributed by atoms with Gasteiger partial charge in [-0.1, -0.05) is 131 Å². The van der Waals surface area contributed by atoms with Crippen LogP contribution in [0.3, 0.4) is 0 Å². The topological polar surface area (TPSA) is 92.1 Å². The number of azo groups is 1. The zero-order chi connectivity index (χ0) is 30.6. The maximum absolute atomic E-state index is 14.6. The lowest BCUT2D eigenvalue weighted by Gasteiger charge is -2.42. The van der Waals surface area contributed by atoms with Crippen LogP contribution in [0.1, 0.15) is 76.3 Å². The Kier molecular flexibility index (Phi) is 8.51. The third-order valence-electron chi connectivity index (χ3n) is 8.79. The van der Waals surface area contributed by atoms with E-state index in [1.54, 1.807) is 24.3 Å². The van der Waals surface area contributed by atoms with Crippen molar-refractivity contribution in [3.05, 3.63) is 123 Å². The zero-order valence-electron chi connectivity index (χ0n) is 25.6. The van der Waals surface area contributed by atoms with Crippen molar-refractivity contribution in [2.75, 3.05) is 13.2 Å².